The standard InChI is InChI=1S/C18H21BrN2/c1-14(15-8-10-17(11-9-15)21(2)3)20-13-12-16-6-4-5-7-18(16)19/h4-11H,12-13H2,1-3H3. The van der Waals surface area contributed by atoms with Crippen LogP contribution in [0.25, 0.3) is 0 Å². The molecule has 0 heterocycles. The molecular weight excluding hydrogens is 324 g/mol. The molecule has 2 rings (SSSR count). The average Bonchev–Trinajstić information content (AvgIpc) is 2.49. The maximum atomic E-state index is 4.69. The van der Waals surface area contributed by atoms with Gasteiger partial charge in [0, 0.05) is 36.5 Å². The molecule has 2 nitrogen and oxygen atoms in total. The van der Waals surface area contributed by atoms with Crippen molar-refractivity contribution < 1.29 is 0 Å². The van der Waals surface area contributed by atoms with Crippen LogP contribution in [0.4, 0.5) is 5.69 Å². The molecule has 0 spiro atoms. The van der Waals surface area contributed by atoms with E-state index in [0.717, 1.165) is 23.1 Å². The van der Waals surface area contributed by atoms with E-state index in [0.29, 0.717) is 0 Å². The van der Waals surface area contributed by atoms with Gasteiger partial charge in [0.25, 0.3) is 0 Å². The lowest BCUT2D eigenvalue weighted by Gasteiger charge is -2.12. The van der Waals surface area contributed by atoms with E-state index in [1.807, 2.05) is 20.2 Å². The Morgan fingerprint density at radius 1 is 1.05 bits per heavy atom. The van der Waals surface area contributed by atoms with Gasteiger partial charge in [-0.1, -0.05) is 46.3 Å². The quantitative estimate of drug-likeness (QED) is 0.725. The number of halogens is 1. The molecule has 2 aromatic rings. The van der Waals surface area contributed by atoms with Gasteiger partial charge >= 0.3 is 0 Å². The zero-order chi connectivity index (χ0) is 15.2. The highest BCUT2D eigenvalue weighted by Gasteiger charge is 2.00. The predicted octanol–water partition coefficient (Wildman–Crippen LogP) is 4.57. The maximum absolute atomic E-state index is 4.69. The van der Waals surface area contributed by atoms with E-state index < -0.39 is 0 Å². The lowest BCUT2D eigenvalue weighted by Crippen LogP contribution is -2.08. The molecule has 0 aliphatic heterocycles. The van der Waals surface area contributed by atoms with Gasteiger partial charge < -0.3 is 4.90 Å². The fourth-order valence-corrected chi connectivity index (χ4v) is 2.62. The van der Waals surface area contributed by atoms with Gasteiger partial charge in [0.05, 0.1) is 0 Å². The third-order valence-electron chi connectivity index (χ3n) is 3.49. The average molecular weight is 345 g/mol. The van der Waals surface area contributed by atoms with E-state index >= 15 is 0 Å². The summed E-state index contributed by atoms with van der Waals surface area (Å²) in [7, 11) is 4.10. The maximum Gasteiger partial charge on any atom is 0.0433 e. The summed E-state index contributed by atoms with van der Waals surface area (Å²) in [4.78, 5) is 6.79. The van der Waals surface area contributed by atoms with E-state index in [2.05, 4.69) is 75.2 Å². The Hall–Kier alpha value is -1.61. The van der Waals surface area contributed by atoms with Crippen LogP contribution in [0.3, 0.4) is 0 Å². The highest BCUT2D eigenvalue weighted by Crippen LogP contribution is 2.17. The summed E-state index contributed by atoms with van der Waals surface area (Å²) in [5.41, 5.74) is 4.79. The second kappa shape index (κ2) is 7.41. The summed E-state index contributed by atoms with van der Waals surface area (Å²) in [5.74, 6) is 0. The zero-order valence-electron chi connectivity index (χ0n) is 12.8. The van der Waals surface area contributed by atoms with Crippen LogP contribution in [0.5, 0.6) is 0 Å². The minimum Gasteiger partial charge on any atom is -0.378 e. The molecule has 3 heteroatoms. The van der Waals surface area contributed by atoms with E-state index in [1.165, 1.54) is 16.8 Å². The largest absolute Gasteiger partial charge is 0.378 e. The molecule has 21 heavy (non-hydrogen) atoms. The fourth-order valence-electron chi connectivity index (χ4n) is 2.14. The highest BCUT2D eigenvalue weighted by molar-refractivity contribution is 9.10. The van der Waals surface area contributed by atoms with Gasteiger partial charge in [0.1, 0.15) is 0 Å². The van der Waals surface area contributed by atoms with Crippen molar-refractivity contribution in [3.63, 3.8) is 0 Å². The number of hydrogen-bond acceptors (Lipinski definition) is 2. The number of nitrogens with zero attached hydrogens (tertiary/aromatic N) is 2. The first-order valence-corrected chi connectivity index (χ1v) is 7.89. The first kappa shape index (κ1) is 15.8. The summed E-state index contributed by atoms with van der Waals surface area (Å²) >= 11 is 3.58. The minimum absolute atomic E-state index is 0.809. The topological polar surface area (TPSA) is 15.6 Å². The van der Waals surface area contributed by atoms with Gasteiger partial charge in [-0.25, -0.2) is 0 Å². The van der Waals surface area contributed by atoms with Gasteiger partial charge in [-0.15, -0.1) is 0 Å². The molecule has 0 bridgehead atoms. The summed E-state index contributed by atoms with van der Waals surface area (Å²) in [6, 6.07) is 16.8. The Labute approximate surface area is 135 Å². The van der Waals surface area contributed by atoms with Crippen molar-refractivity contribution in [3.05, 3.63) is 64.1 Å². The van der Waals surface area contributed by atoms with Gasteiger partial charge in [-0.2, -0.15) is 0 Å². The Bertz CT molecular complexity index is 615. The SMILES string of the molecule is CC(=NCCc1ccccc1Br)c1ccc(N(C)C)cc1. The van der Waals surface area contributed by atoms with Crippen LogP contribution in [0.15, 0.2) is 58.0 Å². The molecule has 0 aromatic heterocycles. The molecular formula is C18H21BrN2. The predicted molar refractivity (Wildman–Crippen MR) is 95.7 cm³/mol. The van der Waals surface area contributed by atoms with Crippen LogP contribution in [0.1, 0.15) is 18.1 Å². The lowest BCUT2D eigenvalue weighted by molar-refractivity contribution is 0.962. The van der Waals surface area contributed by atoms with Crippen molar-refractivity contribution in [2.24, 2.45) is 4.99 Å². The van der Waals surface area contributed by atoms with Crippen molar-refractivity contribution >= 4 is 27.3 Å². The molecule has 0 fully saturated rings. The smallest absolute Gasteiger partial charge is 0.0433 e. The van der Waals surface area contributed by atoms with Gasteiger partial charge in [-0.3, -0.25) is 4.99 Å². The Balaban J connectivity index is 1.99. The molecule has 0 amide bonds. The molecule has 2 aromatic carbocycles. The van der Waals surface area contributed by atoms with Crippen LogP contribution in [0.2, 0.25) is 0 Å². The van der Waals surface area contributed by atoms with Crippen LogP contribution >= 0.6 is 15.9 Å². The summed E-state index contributed by atoms with van der Waals surface area (Å²) in [5, 5.41) is 0. The van der Waals surface area contributed by atoms with Crippen LogP contribution in [-0.2, 0) is 6.42 Å². The van der Waals surface area contributed by atoms with E-state index in [4.69, 9.17) is 0 Å². The Kier molecular flexibility index (Phi) is 5.57. The van der Waals surface area contributed by atoms with Gasteiger partial charge in [-0.05, 0) is 42.7 Å². The molecule has 0 unspecified atom stereocenters. The number of anilines is 1. The second-order valence-electron chi connectivity index (χ2n) is 5.25. The molecule has 0 radical (unpaired) electrons. The molecule has 0 aliphatic rings. The molecule has 0 aliphatic carbocycles. The monoisotopic (exact) mass is 344 g/mol. The van der Waals surface area contributed by atoms with Gasteiger partial charge in [0.15, 0.2) is 0 Å². The third kappa shape index (κ3) is 4.43. The number of aliphatic imine (C=N–C) groups is 1. The second-order valence-corrected chi connectivity index (χ2v) is 6.10. The Morgan fingerprint density at radius 3 is 2.33 bits per heavy atom. The number of rotatable bonds is 5. The molecule has 0 N–H and O–H groups in total. The third-order valence-corrected chi connectivity index (χ3v) is 4.26. The van der Waals surface area contributed by atoms with Crippen LogP contribution in [0, 0.1) is 0 Å². The van der Waals surface area contributed by atoms with Crippen LogP contribution in [-0.4, -0.2) is 26.4 Å². The van der Waals surface area contributed by atoms with Crippen molar-refractivity contribution in [3.8, 4) is 0 Å². The van der Waals surface area contributed by atoms with E-state index in [1.54, 1.807) is 0 Å². The molecule has 110 valence electrons. The first-order valence-electron chi connectivity index (χ1n) is 7.10. The Morgan fingerprint density at radius 2 is 1.71 bits per heavy atom. The number of hydrogen-bond donors (Lipinski definition) is 0. The van der Waals surface area contributed by atoms with Crippen molar-refractivity contribution in [2.45, 2.75) is 13.3 Å². The normalized spacial score (nSPS) is 11.5. The number of benzene rings is 2. The summed E-state index contributed by atoms with van der Waals surface area (Å²) in [6.07, 6.45) is 0.953. The minimum atomic E-state index is 0.809. The molecule has 0 saturated carbocycles. The van der Waals surface area contributed by atoms with Crippen LogP contribution < -0.4 is 4.90 Å². The molecule has 0 saturated heterocycles. The summed E-state index contributed by atoms with van der Waals surface area (Å²) < 4.78 is 1.16. The molecule has 0 atom stereocenters. The van der Waals surface area contributed by atoms with Gasteiger partial charge in [0.2, 0.25) is 0 Å². The van der Waals surface area contributed by atoms with E-state index in [9.17, 15) is 0 Å². The highest BCUT2D eigenvalue weighted by atomic mass is 79.9. The van der Waals surface area contributed by atoms with E-state index in [-0.39, 0.29) is 0 Å². The van der Waals surface area contributed by atoms with Crippen molar-refractivity contribution in [1.82, 2.24) is 0 Å². The first-order chi connectivity index (χ1) is 10.1. The summed E-state index contributed by atoms with van der Waals surface area (Å²) in [6.45, 7) is 2.88. The lowest BCUT2D eigenvalue weighted by atomic mass is 10.1. The zero-order valence-corrected chi connectivity index (χ0v) is 14.4. The van der Waals surface area contributed by atoms with Crippen molar-refractivity contribution in [1.29, 1.82) is 0 Å². The fraction of sp³-hybridized carbons (Fsp3) is 0.278. The van der Waals surface area contributed by atoms with Crippen molar-refractivity contribution in [2.75, 3.05) is 25.5 Å².